The summed E-state index contributed by atoms with van der Waals surface area (Å²) in [6.07, 6.45) is 5.72. The van der Waals surface area contributed by atoms with E-state index in [4.69, 9.17) is 26.2 Å². The lowest BCUT2D eigenvalue weighted by atomic mass is 9.97. The van der Waals surface area contributed by atoms with Crippen LogP contribution in [0, 0.1) is 0 Å². The molecule has 2 aromatic rings. The molecule has 2 aromatic heterocycles. The van der Waals surface area contributed by atoms with Crippen molar-refractivity contribution in [2.45, 2.75) is 51.1 Å². The van der Waals surface area contributed by atoms with Crippen LogP contribution in [-0.2, 0) is 16.0 Å². The number of aromatic nitrogens is 4. The second-order valence-corrected chi connectivity index (χ2v) is 10.3. The highest BCUT2D eigenvalue weighted by atomic mass is 16.5. The van der Waals surface area contributed by atoms with E-state index in [1.165, 1.54) is 0 Å². The Kier molecular flexibility index (Phi) is 6.00. The van der Waals surface area contributed by atoms with Crippen LogP contribution in [-0.4, -0.2) is 87.8 Å². The van der Waals surface area contributed by atoms with Gasteiger partial charge in [0, 0.05) is 56.2 Å². The van der Waals surface area contributed by atoms with Gasteiger partial charge in [-0.15, -0.1) is 0 Å². The Balaban J connectivity index is 1.52. The fourth-order valence-electron chi connectivity index (χ4n) is 5.22. The third-order valence-corrected chi connectivity index (χ3v) is 7.67. The van der Waals surface area contributed by atoms with E-state index < -0.39 is 5.54 Å². The number of rotatable bonds is 5. The molecule has 0 saturated carbocycles. The summed E-state index contributed by atoms with van der Waals surface area (Å²) >= 11 is 0. The monoisotopic (exact) mass is 481 g/mol. The number of nitrogens with two attached hydrogens (primary N) is 2. The maximum Gasteiger partial charge on any atom is 0.242 e. The van der Waals surface area contributed by atoms with Gasteiger partial charge < -0.3 is 30.9 Å². The maximum absolute atomic E-state index is 13.1. The molecular formula is C24H35N9O2. The van der Waals surface area contributed by atoms with Crippen molar-refractivity contribution in [1.29, 1.82) is 0 Å². The van der Waals surface area contributed by atoms with Crippen molar-refractivity contribution in [3.63, 3.8) is 0 Å². The molecule has 3 aliphatic heterocycles. The predicted octanol–water partition coefficient (Wildman–Crippen LogP) is 0.833. The number of nitrogen functional groups attached to an aromatic ring is 1. The van der Waals surface area contributed by atoms with Crippen LogP contribution in [0.1, 0.15) is 39.2 Å². The van der Waals surface area contributed by atoms with Gasteiger partial charge in [-0.25, -0.2) is 15.0 Å². The van der Waals surface area contributed by atoms with Crippen molar-refractivity contribution >= 4 is 23.6 Å². The summed E-state index contributed by atoms with van der Waals surface area (Å²) in [5.74, 6) is 1.85. The van der Waals surface area contributed by atoms with E-state index in [1.807, 2.05) is 18.7 Å². The van der Waals surface area contributed by atoms with Gasteiger partial charge in [-0.05, 0) is 33.1 Å². The number of morpholine rings is 1. The van der Waals surface area contributed by atoms with Crippen molar-refractivity contribution in [2.24, 2.45) is 5.73 Å². The van der Waals surface area contributed by atoms with E-state index >= 15 is 0 Å². The number of carbonyl (C=O) groups is 1. The quantitative estimate of drug-likeness (QED) is 0.631. The van der Waals surface area contributed by atoms with Gasteiger partial charge in [0.05, 0.1) is 30.0 Å². The van der Waals surface area contributed by atoms with E-state index in [1.54, 1.807) is 12.4 Å². The molecule has 35 heavy (non-hydrogen) atoms. The molecule has 11 heteroatoms. The van der Waals surface area contributed by atoms with E-state index in [9.17, 15) is 4.79 Å². The third kappa shape index (κ3) is 4.27. The van der Waals surface area contributed by atoms with Gasteiger partial charge in [0.25, 0.3) is 0 Å². The lowest BCUT2D eigenvalue weighted by Gasteiger charge is -2.38. The first-order valence-electron chi connectivity index (χ1n) is 12.4. The summed E-state index contributed by atoms with van der Waals surface area (Å²) in [7, 11) is 0. The standard InChI is InChI=1S/C24H35N9O2/c1-4-24(3,26)20(34)32-8-6-23(2,15-32)33-7-5-17-18(16-13-27-21(25)28-14-16)29-22(30-19(17)33)31-9-11-35-12-10-31/h13-14H,4-12,15,26H2,1-3H3,(H2,25,27,28)/t23-,24?/m0/s1. The summed E-state index contributed by atoms with van der Waals surface area (Å²) < 4.78 is 5.54. The highest BCUT2D eigenvalue weighted by molar-refractivity contribution is 5.86. The van der Waals surface area contributed by atoms with Gasteiger partial charge in [0.1, 0.15) is 5.82 Å². The zero-order valence-electron chi connectivity index (χ0n) is 20.8. The van der Waals surface area contributed by atoms with Crippen LogP contribution in [0.2, 0.25) is 0 Å². The second-order valence-electron chi connectivity index (χ2n) is 10.3. The fourth-order valence-corrected chi connectivity index (χ4v) is 5.22. The molecule has 3 aliphatic rings. The van der Waals surface area contributed by atoms with Crippen LogP contribution in [0.25, 0.3) is 11.3 Å². The van der Waals surface area contributed by atoms with Crippen LogP contribution in [0.15, 0.2) is 12.4 Å². The van der Waals surface area contributed by atoms with Gasteiger partial charge in [-0.3, -0.25) is 4.79 Å². The molecule has 0 aliphatic carbocycles. The molecule has 0 bridgehead atoms. The molecule has 5 rings (SSSR count). The second kappa shape index (κ2) is 8.87. The lowest BCUT2D eigenvalue weighted by Crippen LogP contribution is -2.54. The number of amides is 1. The van der Waals surface area contributed by atoms with Gasteiger partial charge in [-0.2, -0.15) is 4.98 Å². The largest absolute Gasteiger partial charge is 0.378 e. The summed E-state index contributed by atoms with van der Waals surface area (Å²) in [5, 5.41) is 0. The number of ether oxygens (including phenoxy) is 1. The van der Waals surface area contributed by atoms with Crippen LogP contribution < -0.4 is 21.3 Å². The Bertz CT molecular complexity index is 1100. The zero-order chi connectivity index (χ0) is 24.8. The van der Waals surface area contributed by atoms with Crippen LogP contribution in [0.3, 0.4) is 0 Å². The van der Waals surface area contributed by atoms with E-state index in [2.05, 4.69) is 26.7 Å². The first-order valence-corrected chi connectivity index (χ1v) is 12.4. The van der Waals surface area contributed by atoms with Gasteiger partial charge >= 0.3 is 0 Å². The first kappa shape index (κ1) is 23.7. The zero-order valence-corrected chi connectivity index (χ0v) is 20.8. The topological polar surface area (TPSA) is 140 Å². The van der Waals surface area contributed by atoms with Crippen molar-refractivity contribution in [1.82, 2.24) is 24.8 Å². The van der Waals surface area contributed by atoms with E-state index in [0.29, 0.717) is 38.7 Å². The summed E-state index contributed by atoms with van der Waals surface area (Å²) in [4.78, 5) is 38.0. The van der Waals surface area contributed by atoms with Crippen LogP contribution >= 0.6 is 0 Å². The highest BCUT2D eigenvalue weighted by Crippen LogP contribution is 2.41. The SMILES string of the molecule is CCC(C)(N)C(=O)N1CC[C@](C)(N2CCc3c(-c4cnc(N)nc4)nc(N4CCOCC4)nc32)C1. The van der Waals surface area contributed by atoms with E-state index in [0.717, 1.165) is 55.1 Å². The molecule has 11 nitrogen and oxygen atoms in total. The number of anilines is 3. The Morgan fingerprint density at radius 2 is 1.89 bits per heavy atom. The Morgan fingerprint density at radius 3 is 2.57 bits per heavy atom. The Morgan fingerprint density at radius 1 is 1.17 bits per heavy atom. The summed E-state index contributed by atoms with van der Waals surface area (Å²) in [6.45, 7) is 10.9. The smallest absolute Gasteiger partial charge is 0.242 e. The van der Waals surface area contributed by atoms with Gasteiger partial charge in [0.2, 0.25) is 17.8 Å². The molecular weight excluding hydrogens is 446 g/mol. The highest BCUT2D eigenvalue weighted by Gasteiger charge is 2.46. The molecule has 0 radical (unpaired) electrons. The van der Waals surface area contributed by atoms with Gasteiger partial charge in [-0.1, -0.05) is 6.92 Å². The average Bonchev–Trinajstić information content (AvgIpc) is 3.49. The molecule has 2 atom stereocenters. The third-order valence-electron chi connectivity index (χ3n) is 7.67. The number of likely N-dealkylation sites (tertiary alicyclic amines) is 1. The van der Waals surface area contributed by atoms with Crippen LogP contribution in [0.5, 0.6) is 0 Å². The lowest BCUT2D eigenvalue weighted by molar-refractivity contribution is -0.135. The van der Waals surface area contributed by atoms with Crippen molar-refractivity contribution in [3.05, 3.63) is 18.0 Å². The van der Waals surface area contributed by atoms with Crippen molar-refractivity contribution in [2.75, 3.05) is 61.5 Å². The molecule has 0 aromatic carbocycles. The number of hydrogen-bond donors (Lipinski definition) is 2. The normalized spacial score (nSPS) is 23.9. The molecule has 5 heterocycles. The Labute approximate surface area is 205 Å². The fraction of sp³-hybridized carbons (Fsp3) is 0.625. The number of nitrogens with zero attached hydrogens (tertiary/aromatic N) is 7. The summed E-state index contributed by atoms with van der Waals surface area (Å²) in [5.41, 5.74) is 13.7. The molecule has 1 unspecified atom stereocenters. The van der Waals surface area contributed by atoms with Crippen molar-refractivity contribution in [3.8, 4) is 11.3 Å². The summed E-state index contributed by atoms with van der Waals surface area (Å²) in [6, 6.07) is 0. The number of hydrogen-bond acceptors (Lipinski definition) is 10. The maximum atomic E-state index is 13.1. The molecule has 0 spiro atoms. The number of fused-ring (bicyclic) bond motifs is 1. The molecule has 2 saturated heterocycles. The minimum absolute atomic E-state index is 0.0135. The Hall–Kier alpha value is -3.05. The first-order chi connectivity index (χ1) is 16.7. The molecule has 188 valence electrons. The minimum atomic E-state index is -0.845. The van der Waals surface area contributed by atoms with Gasteiger partial charge in [0.15, 0.2) is 0 Å². The van der Waals surface area contributed by atoms with E-state index in [-0.39, 0.29) is 17.4 Å². The molecule has 4 N–H and O–H groups in total. The van der Waals surface area contributed by atoms with Crippen molar-refractivity contribution < 1.29 is 9.53 Å². The predicted molar refractivity (Wildman–Crippen MR) is 134 cm³/mol. The number of carbonyl (C=O) groups excluding carboxylic acids is 1. The molecule has 2 fully saturated rings. The molecule has 1 amide bonds. The van der Waals surface area contributed by atoms with Crippen LogP contribution in [0.4, 0.5) is 17.7 Å². The minimum Gasteiger partial charge on any atom is -0.378 e. The average molecular weight is 482 g/mol.